The molecule has 4 heteroatoms. The van der Waals surface area contributed by atoms with Gasteiger partial charge in [-0.3, -0.25) is 4.79 Å². The Morgan fingerprint density at radius 1 is 1.28 bits per heavy atom. The van der Waals surface area contributed by atoms with Crippen molar-refractivity contribution in [3.63, 3.8) is 0 Å². The molecule has 3 aliphatic rings. The third-order valence-electron chi connectivity index (χ3n) is 6.84. The van der Waals surface area contributed by atoms with E-state index in [0.717, 1.165) is 30.4 Å². The molecule has 0 radical (unpaired) electrons. The molecule has 3 aliphatic carbocycles. The van der Waals surface area contributed by atoms with E-state index >= 15 is 0 Å². The molecule has 0 spiro atoms. The second kappa shape index (κ2) is 6.49. The van der Waals surface area contributed by atoms with Crippen LogP contribution in [-0.4, -0.2) is 38.9 Å². The van der Waals surface area contributed by atoms with Crippen LogP contribution in [0, 0.1) is 11.3 Å². The van der Waals surface area contributed by atoms with E-state index in [2.05, 4.69) is 6.92 Å². The molecule has 1 saturated carbocycles. The molecular weight excluding hydrogens is 316 g/mol. The number of allylic oxidation sites excluding steroid dienone is 4. The first-order chi connectivity index (χ1) is 11.7. The summed E-state index contributed by atoms with van der Waals surface area (Å²) in [5, 5.41) is 31.3. The van der Waals surface area contributed by atoms with Crippen molar-refractivity contribution in [1.29, 1.82) is 0 Å². The molecule has 5 atom stereocenters. The van der Waals surface area contributed by atoms with Gasteiger partial charge in [0.15, 0.2) is 5.78 Å². The van der Waals surface area contributed by atoms with Gasteiger partial charge in [-0.25, -0.2) is 0 Å². The molecule has 0 aliphatic heterocycles. The van der Waals surface area contributed by atoms with Gasteiger partial charge >= 0.3 is 0 Å². The maximum atomic E-state index is 12.1. The molecule has 0 amide bonds. The van der Waals surface area contributed by atoms with E-state index in [1.165, 1.54) is 12.5 Å². The molecule has 0 aromatic carbocycles. The summed E-state index contributed by atoms with van der Waals surface area (Å²) in [5.41, 5.74) is 1.46. The summed E-state index contributed by atoms with van der Waals surface area (Å²) in [7, 11) is 0. The number of ketones is 1. The van der Waals surface area contributed by atoms with Crippen LogP contribution in [0.4, 0.5) is 0 Å². The average Bonchev–Trinajstić information content (AvgIpc) is 2.80. The summed E-state index contributed by atoms with van der Waals surface area (Å²) >= 11 is 0. The highest BCUT2D eigenvalue weighted by Crippen LogP contribution is 2.58. The van der Waals surface area contributed by atoms with Crippen molar-refractivity contribution in [2.45, 2.75) is 77.1 Å². The van der Waals surface area contributed by atoms with Crippen LogP contribution in [0.15, 0.2) is 34.9 Å². The van der Waals surface area contributed by atoms with Crippen LogP contribution in [0.2, 0.25) is 0 Å². The maximum Gasteiger partial charge on any atom is 0.161 e. The average molecular weight is 346 g/mol. The van der Waals surface area contributed by atoms with Crippen molar-refractivity contribution in [2.75, 3.05) is 0 Å². The normalized spacial score (nSPS) is 41.8. The molecule has 3 N–H and O–H groups in total. The number of aliphatic hydroxyl groups excluding tert-OH is 2. The lowest BCUT2D eigenvalue weighted by Crippen LogP contribution is -2.53. The van der Waals surface area contributed by atoms with Crippen molar-refractivity contribution in [1.82, 2.24) is 0 Å². The van der Waals surface area contributed by atoms with Crippen LogP contribution in [-0.2, 0) is 4.79 Å². The van der Waals surface area contributed by atoms with E-state index in [9.17, 15) is 20.1 Å². The van der Waals surface area contributed by atoms with Gasteiger partial charge in [0.05, 0.1) is 12.2 Å². The van der Waals surface area contributed by atoms with E-state index in [4.69, 9.17) is 0 Å². The number of carbonyl (C=O) groups is 1. The van der Waals surface area contributed by atoms with Crippen LogP contribution in [0.3, 0.4) is 0 Å². The van der Waals surface area contributed by atoms with E-state index in [-0.39, 0.29) is 17.8 Å². The molecule has 0 heterocycles. The molecule has 4 nitrogen and oxygen atoms in total. The largest absolute Gasteiger partial charge is 0.393 e. The number of hydrogen-bond donors (Lipinski definition) is 3. The number of hydrogen-bond acceptors (Lipinski definition) is 4. The quantitative estimate of drug-likeness (QED) is 0.734. The fourth-order valence-electron chi connectivity index (χ4n) is 5.15. The Balaban J connectivity index is 1.90. The number of aliphatic hydroxyl groups is 3. The van der Waals surface area contributed by atoms with Gasteiger partial charge in [-0.05, 0) is 69.4 Å². The Bertz CT molecular complexity index is 659. The summed E-state index contributed by atoms with van der Waals surface area (Å²) < 4.78 is 0. The lowest BCUT2D eigenvalue weighted by atomic mass is 9.61. The lowest BCUT2D eigenvalue weighted by molar-refractivity contribution is -0.150. The minimum Gasteiger partial charge on any atom is -0.393 e. The van der Waals surface area contributed by atoms with E-state index < -0.39 is 17.1 Å². The van der Waals surface area contributed by atoms with Crippen molar-refractivity contribution < 1.29 is 20.1 Å². The number of Topliss-reactive ketones (excluding diaryl/α,β-unsaturated/α-hetero) is 1. The third-order valence-corrected chi connectivity index (χ3v) is 6.84. The van der Waals surface area contributed by atoms with Gasteiger partial charge in [0.25, 0.3) is 0 Å². The molecule has 25 heavy (non-hydrogen) atoms. The van der Waals surface area contributed by atoms with E-state index in [1.54, 1.807) is 0 Å². The summed E-state index contributed by atoms with van der Waals surface area (Å²) in [4.78, 5) is 12.1. The summed E-state index contributed by atoms with van der Waals surface area (Å²) in [6, 6.07) is 0. The first-order valence-corrected chi connectivity index (χ1v) is 9.35. The van der Waals surface area contributed by atoms with E-state index in [0.29, 0.717) is 19.3 Å². The second-order valence-corrected chi connectivity index (χ2v) is 8.40. The smallest absolute Gasteiger partial charge is 0.161 e. The van der Waals surface area contributed by atoms with Gasteiger partial charge in [-0.15, -0.1) is 0 Å². The monoisotopic (exact) mass is 346 g/mol. The van der Waals surface area contributed by atoms with Crippen molar-refractivity contribution in [3.05, 3.63) is 34.9 Å². The topological polar surface area (TPSA) is 77.8 Å². The molecule has 0 aromatic heterocycles. The Labute approximate surface area is 149 Å². The molecule has 0 saturated heterocycles. The highest BCUT2D eigenvalue weighted by Gasteiger charge is 2.61. The van der Waals surface area contributed by atoms with Crippen molar-refractivity contribution >= 4 is 5.78 Å². The molecule has 0 bridgehead atoms. The van der Waals surface area contributed by atoms with Gasteiger partial charge < -0.3 is 15.3 Å². The predicted molar refractivity (Wildman–Crippen MR) is 96.9 cm³/mol. The second-order valence-electron chi connectivity index (χ2n) is 8.40. The first-order valence-electron chi connectivity index (χ1n) is 9.35. The van der Waals surface area contributed by atoms with Gasteiger partial charge in [-0.2, -0.15) is 0 Å². The summed E-state index contributed by atoms with van der Waals surface area (Å²) in [5.74, 6) is -0.139. The Kier molecular flexibility index (Phi) is 4.82. The van der Waals surface area contributed by atoms with Gasteiger partial charge in [-0.1, -0.05) is 30.7 Å². The van der Waals surface area contributed by atoms with Crippen LogP contribution < -0.4 is 0 Å². The zero-order chi connectivity index (χ0) is 18.4. The fraction of sp³-hybridized carbons (Fsp3) is 0.667. The Morgan fingerprint density at radius 2 is 2.00 bits per heavy atom. The minimum absolute atomic E-state index is 0.0653. The van der Waals surface area contributed by atoms with Gasteiger partial charge in [0, 0.05) is 5.41 Å². The van der Waals surface area contributed by atoms with Crippen LogP contribution in [0.25, 0.3) is 0 Å². The zero-order valence-corrected chi connectivity index (χ0v) is 15.5. The molecular formula is C21H30O4. The maximum absolute atomic E-state index is 12.1. The first kappa shape index (κ1) is 18.6. The molecule has 1 fully saturated rings. The van der Waals surface area contributed by atoms with Crippen LogP contribution in [0.1, 0.15) is 59.3 Å². The molecule has 0 aromatic rings. The summed E-state index contributed by atoms with van der Waals surface area (Å²) in [6.45, 7) is 5.49. The molecule has 3 rings (SSSR count). The van der Waals surface area contributed by atoms with Crippen molar-refractivity contribution in [3.8, 4) is 0 Å². The van der Waals surface area contributed by atoms with Crippen LogP contribution in [0.5, 0.6) is 0 Å². The number of carbonyl (C=O) groups excluding carboxylic acids is 1. The van der Waals surface area contributed by atoms with Crippen LogP contribution >= 0.6 is 0 Å². The lowest BCUT2D eigenvalue weighted by Gasteiger charge is -2.45. The van der Waals surface area contributed by atoms with Crippen molar-refractivity contribution in [2.24, 2.45) is 11.3 Å². The highest BCUT2D eigenvalue weighted by atomic mass is 16.3. The number of fused-ring (bicyclic) bond motifs is 1. The predicted octanol–water partition coefficient (Wildman–Crippen LogP) is 2.83. The highest BCUT2D eigenvalue weighted by molar-refractivity contribution is 5.86. The fourth-order valence-corrected chi connectivity index (χ4v) is 5.15. The SMILES string of the molecule is CC(=O)[C@@]1(O)CC[C@H]2C(/C=C/C3=C(C)CC[C@H](O)C3)=C[C@H](O)C[C@@]21C. The molecule has 0 unspecified atom stereocenters. The standard InChI is InChI=1S/C21H30O4/c1-13-4-7-17(23)10-15(13)5-6-16-11-18(24)12-20(3)19(16)8-9-21(20,25)14(2)22/h5-6,11,17-19,23-25H,4,7-10,12H2,1-3H3/b6-5+/t17-,18-,19-,20-,21-/m0/s1. The summed E-state index contributed by atoms with van der Waals surface area (Å²) in [6.07, 6.45) is 8.99. The third kappa shape index (κ3) is 3.05. The minimum atomic E-state index is -1.36. The Hall–Kier alpha value is -1.23. The zero-order valence-electron chi connectivity index (χ0n) is 15.5. The molecule has 138 valence electrons. The van der Waals surface area contributed by atoms with E-state index in [1.807, 2.05) is 25.2 Å². The Morgan fingerprint density at radius 3 is 2.68 bits per heavy atom. The van der Waals surface area contributed by atoms with Gasteiger partial charge in [0.2, 0.25) is 0 Å². The van der Waals surface area contributed by atoms with Gasteiger partial charge in [0.1, 0.15) is 5.60 Å². The number of rotatable bonds is 3.